The predicted molar refractivity (Wildman–Crippen MR) is 104 cm³/mol. The third-order valence-electron chi connectivity index (χ3n) is 4.14. The highest BCUT2D eigenvalue weighted by atomic mass is 32.2. The minimum Gasteiger partial charge on any atom is -0.325 e. The molecule has 134 valence electrons. The summed E-state index contributed by atoms with van der Waals surface area (Å²) < 4.78 is 1.88. The number of carbonyl (C=O) groups is 1. The summed E-state index contributed by atoms with van der Waals surface area (Å²) in [5.41, 5.74) is 3.86. The molecule has 0 aliphatic rings. The molecule has 0 saturated heterocycles. The van der Waals surface area contributed by atoms with Crippen molar-refractivity contribution in [3.05, 3.63) is 53.9 Å². The van der Waals surface area contributed by atoms with E-state index in [0.717, 1.165) is 28.2 Å². The molecule has 3 rings (SSSR count). The van der Waals surface area contributed by atoms with Crippen LogP contribution in [0.25, 0.3) is 11.4 Å². The molecule has 7 heteroatoms. The number of para-hydroxylation sites is 1. The maximum Gasteiger partial charge on any atom is 0.237 e. The fourth-order valence-electron chi connectivity index (χ4n) is 2.61. The lowest BCUT2D eigenvalue weighted by molar-refractivity contribution is -0.115. The van der Waals surface area contributed by atoms with Crippen LogP contribution in [0.5, 0.6) is 0 Å². The van der Waals surface area contributed by atoms with Crippen molar-refractivity contribution in [1.29, 1.82) is 0 Å². The second kappa shape index (κ2) is 7.70. The van der Waals surface area contributed by atoms with Crippen molar-refractivity contribution in [3.63, 3.8) is 0 Å². The van der Waals surface area contributed by atoms with Gasteiger partial charge >= 0.3 is 0 Å². The van der Waals surface area contributed by atoms with Crippen LogP contribution in [0.15, 0.2) is 47.9 Å². The molecule has 0 spiro atoms. The molecule has 6 nitrogen and oxygen atoms in total. The van der Waals surface area contributed by atoms with Crippen LogP contribution in [0, 0.1) is 13.8 Å². The fourth-order valence-corrected chi connectivity index (χ4v) is 3.43. The van der Waals surface area contributed by atoms with Crippen LogP contribution in [-0.4, -0.2) is 30.9 Å². The monoisotopic (exact) mass is 367 g/mol. The number of pyridine rings is 1. The van der Waals surface area contributed by atoms with Crippen molar-refractivity contribution in [2.45, 2.75) is 31.2 Å². The van der Waals surface area contributed by atoms with E-state index in [4.69, 9.17) is 0 Å². The Morgan fingerprint density at radius 3 is 2.54 bits per heavy atom. The van der Waals surface area contributed by atoms with Gasteiger partial charge in [0.25, 0.3) is 0 Å². The zero-order valence-corrected chi connectivity index (χ0v) is 16.0. The summed E-state index contributed by atoms with van der Waals surface area (Å²) in [6, 6.07) is 9.75. The van der Waals surface area contributed by atoms with Crippen molar-refractivity contribution in [1.82, 2.24) is 19.7 Å². The zero-order chi connectivity index (χ0) is 18.7. The van der Waals surface area contributed by atoms with E-state index in [9.17, 15) is 4.79 Å². The molecule has 1 amide bonds. The van der Waals surface area contributed by atoms with E-state index >= 15 is 0 Å². The van der Waals surface area contributed by atoms with Gasteiger partial charge < -0.3 is 9.88 Å². The summed E-state index contributed by atoms with van der Waals surface area (Å²) in [7, 11) is 1.89. The molecule has 0 fully saturated rings. The summed E-state index contributed by atoms with van der Waals surface area (Å²) in [6.45, 7) is 5.85. The minimum atomic E-state index is -0.307. The number of nitrogens with one attached hydrogen (secondary N) is 1. The molecule has 1 aromatic carbocycles. The number of carbonyl (C=O) groups excluding carboxylic acids is 1. The van der Waals surface area contributed by atoms with Gasteiger partial charge in [-0.1, -0.05) is 30.0 Å². The number of thioether (sulfide) groups is 1. The Morgan fingerprint density at radius 1 is 1.15 bits per heavy atom. The Labute approximate surface area is 157 Å². The van der Waals surface area contributed by atoms with Gasteiger partial charge in [-0.15, -0.1) is 10.2 Å². The Hall–Kier alpha value is -2.67. The molecule has 0 aliphatic carbocycles. The predicted octanol–water partition coefficient (Wildman–Crippen LogP) is 3.61. The number of nitrogens with zero attached hydrogens (tertiary/aromatic N) is 4. The first-order valence-electron chi connectivity index (χ1n) is 8.31. The summed E-state index contributed by atoms with van der Waals surface area (Å²) in [5, 5.41) is 11.9. The van der Waals surface area contributed by atoms with Crippen molar-refractivity contribution in [2.24, 2.45) is 7.05 Å². The summed E-state index contributed by atoms with van der Waals surface area (Å²) in [6.07, 6.45) is 3.46. The number of hydrogen-bond acceptors (Lipinski definition) is 5. The molecule has 2 heterocycles. The van der Waals surface area contributed by atoms with E-state index in [2.05, 4.69) is 20.5 Å². The second-order valence-corrected chi connectivity index (χ2v) is 7.43. The van der Waals surface area contributed by atoms with Gasteiger partial charge in [-0.2, -0.15) is 0 Å². The number of benzene rings is 1. The van der Waals surface area contributed by atoms with Crippen molar-refractivity contribution in [2.75, 3.05) is 5.32 Å². The normalized spacial score (nSPS) is 12.0. The summed E-state index contributed by atoms with van der Waals surface area (Å²) >= 11 is 1.38. The lowest BCUT2D eigenvalue weighted by Crippen LogP contribution is -2.23. The second-order valence-electron chi connectivity index (χ2n) is 6.12. The van der Waals surface area contributed by atoms with E-state index in [0.29, 0.717) is 5.16 Å². The first kappa shape index (κ1) is 18.1. The first-order valence-corrected chi connectivity index (χ1v) is 9.19. The molecule has 0 radical (unpaired) electrons. The molecular weight excluding hydrogens is 346 g/mol. The fraction of sp³-hybridized carbons (Fsp3) is 0.263. The third-order valence-corrected chi connectivity index (χ3v) is 5.27. The van der Waals surface area contributed by atoms with Crippen LogP contribution in [0.4, 0.5) is 5.69 Å². The van der Waals surface area contributed by atoms with Gasteiger partial charge in [0.1, 0.15) is 0 Å². The minimum absolute atomic E-state index is 0.0571. The SMILES string of the molecule is Cc1cccc(C)c1NC(=O)C(C)Sc1nnc(-c2cccnc2)n1C. The van der Waals surface area contributed by atoms with Crippen molar-refractivity contribution >= 4 is 23.4 Å². The molecule has 0 saturated carbocycles. The van der Waals surface area contributed by atoms with Crippen LogP contribution in [0.2, 0.25) is 0 Å². The number of rotatable bonds is 5. The van der Waals surface area contributed by atoms with Gasteiger partial charge in [-0.05, 0) is 44.0 Å². The van der Waals surface area contributed by atoms with Gasteiger partial charge in [-0.25, -0.2) is 0 Å². The standard InChI is InChI=1S/C19H21N5OS/c1-12-7-5-8-13(2)16(12)21-18(25)14(3)26-19-23-22-17(24(19)4)15-9-6-10-20-11-15/h5-11,14H,1-4H3,(H,21,25). The average molecular weight is 367 g/mol. The van der Waals surface area contributed by atoms with Crippen LogP contribution >= 0.6 is 11.8 Å². The average Bonchev–Trinajstić information content (AvgIpc) is 2.99. The van der Waals surface area contributed by atoms with Crippen LogP contribution in [0.1, 0.15) is 18.1 Å². The van der Waals surface area contributed by atoms with Crippen molar-refractivity contribution in [3.8, 4) is 11.4 Å². The quantitative estimate of drug-likeness (QED) is 0.698. The molecular formula is C19H21N5OS. The van der Waals surface area contributed by atoms with E-state index in [1.165, 1.54) is 11.8 Å². The van der Waals surface area contributed by atoms with E-state index in [-0.39, 0.29) is 11.2 Å². The highest BCUT2D eigenvalue weighted by Crippen LogP contribution is 2.27. The summed E-state index contributed by atoms with van der Waals surface area (Å²) in [5.74, 6) is 0.668. The molecule has 0 aliphatic heterocycles. The molecule has 0 bridgehead atoms. The number of amides is 1. The van der Waals surface area contributed by atoms with Crippen LogP contribution in [-0.2, 0) is 11.8 Å². The first-order chi connectivity index (χ1) is 12.5. The third kappa shape index (κ3) is 3.77. The maximum absolute atomic E-state index is 12.6. The highest BCUT2D eigenvalue weighted by Gasteiger charge is 2.20. The Kier molecular flexibility index (Phi) is 5.37. The maximum atomic E-state index is 12.6. The largest absolute Gasteiger partial charge is 0.325 e. The van der Waals surface area contributed by atoms with Crippen molar-refractivity contribution < 1.29 is 4.79 Å². The lowest BCUT2D eigenvalue weighted by Gasteiger charge is -2.15. The zero-order valence-electron chi connectivity index (χ0n) is 15.2. The van der Waals surface area contributed by atoms with E-state index < -0.39 is 0 Å². The molecule has 1 N–H and O–H groups in total. The number of aryl methyl sites for hydroxylation is 2. The summed E-state index contributed by atoms with van der Waals surface area (Å²) in [4.78, 5) is 16.7. The smallest absolute Gasteiger partial charge is 0.237 e. The Balaban J connectivity index is 1.73. The van der Waals surface area contributed by atoms with Gasteiger partial charge in [0, 0.05) is 30.7 Å². The van der Waals surface area contributed by atoms with Crippen LogP contribution in [0.3, 0.4) is 0 Å². The van der Waals surface area contributed by atoms with E-state index in [1.807, 2.05) is 62.7 Å². The Bertz CT molecular complexity index is 903. The van der Waals surface area contributed by atoms with Gasteiger partial charge in [0.05, 0.1) is 5.25 Å². The number of hydrogen-bond donors (Lipinski definition) is 1. The topological polar surface area (TPSA) is 72.7 Å². The highest BCUT2D eigenvalue weighted by molar-refractivity contribution is 8.00. The molecule has 1 atom stereocenters. The molecule has 26 heavy (non-hydrogen) atoms. The van der Waals surface area contributed by atoms with Crippen LogP contribution < -0.4 is 5.32 Å². The van der Waals surface area contributed by atoms with Gasteiger partial charge in [0.15, 0.2) is 11.0 Å². The van der Waals surface area contributed by atoms with E-state index in [1.54, 1.807) is 12.4 Å². The van der Waals surface area contributed by atoms with Gasteiger partial charge in [-0.3, -0.25) is 9.78 Å². The Morgan fingerprint density at radius 2 is 1.88 bits per heavy atom. The molecule has 1 unspecified atom stereocenters. The molecule has 2 aromatic heterocycles. The number of anilines is 1. The molecule has 3 aromatic rings. The number of aromatic nitrogens is 4. The van der Waals surface area contributed by atoms with Gasteiger partial charge in [0.2, 0.25) is 5.91 Å². The lowest BCUT2D eigenvalue weighted by atomic mass is 10.1.